The van der Waals surface area contributed by atoms with E-state index in [9.17, 15) is 4.79 Å². The van der Waals surface area contributed by atoms with E-state index < -0.39 is 0 Å². The average molecular weight is 337 g/mol. The second-order valence-electron chi connectivity index (χ2n) is 5.52. The van der Waals surface area contributed by atoms with Gasteiger partial charge in [0.2, 0.25) is 0 Å². The molecule has 0 aliphatic rings. The number of carbonyl (C=O) groups excluding carboxylic acids is 1. The Bertz CT molecular complexity index is 809. The van der Waals surface area contributed by atoms with Crippen molar-refractivity contribution in [3.63, 3.8) is 0 Å². The Morgan fingerprint density at radius 1 is 1.00 bits per heavy atom. The molecule has 1 heterocycles. The van der Waals surface area contributed by atoms with Gasteiger partial charge in [-0.2, -0.15) is 0 Å². The Labute approximate surface area is 145 Å². The van der Waals surface area contributed by atoms with Crippen molar-refractivity contribution < 1.29 is 9.53 Å². The lowest BCUT2D eigenvalue weighted by atomic mass is 9.98. The van der Waals surface area contributed by atoms with E-state index in [4.69, 9.17) is 4.74 Å². The SMILES string of the molecule is COc1ccc([C@@H](NC(=O)c2sccc2C)c2ccccc2)cc1. The molecule has 24 heavy (non-hydrogen) atoms. The number of thiophene rings is 1. The highest BCUT2D eigenvalue weighted by Crippen LogP contribution is 2.25. The Morgan fingerprint density at radius 3 is 2.25 bits per heavy atom. The summed E-state index contributed by atoms with van der Waals surface area (Å²) in [4.78, 5) is 13.4. The third-order valence-corrected chi connectivity index (χ3v) is 4.94. The summed E-state index contributed by atoms with van der Waals surface area (Å²) in [6, 6.07) is 19.5. The van der Waals surface area contributed by atoms with Crippen LogP contribution < -0.4 is 10.1 Å². The minimum Gasteiger partial charge on any atom is -0.497 e. The fraction of sp³-hybridized carbons (Fsp3) is 0.150. The van der Waals surface area contributed by atoms with Crippen molar-refractivity contribution in [2.75, 3.05) is 7.11 Å². The van der Waals surface area contributed by atoms with Crippen LogP contribution in [0.15, 0.2) is 66.0 Å². The monoisotopic (exact) mass is 337 g/mol. The summed E-state index contributed by atoms with van der Waals surface area (Å²) in [6.45, 7) is 1.95. The van der Waals surface area contributed by atoms with Gasteiger partial charge in [-0.1, -0.05) is 42.5 Å². The predicted octanol–water partition coefficient (Wildman–Crippen LogP) is 4.58. The highest BCUT2D eigenvalue weighted by molar-refractivity contribution is 7.12. The fourth-order valence-electron chi connectivity index (χ4n) is 2.60. The molecule has 2 aromatic carbocycles. The number of ether oxygens (including phenoxy) is 1. The molecule has 0 aliphatic carbocycles. The van der Waals surface area contributed by atoms with Crippen LogP contribution in [0.5, 0.6) is 5.75 Å². The summed E-state index contributed by atoms with van der Waals surface area (Å²) in [7, 11) is 1.64. The number of benzene rings is 2. The molecule has 0 fully saturated rings. The van der Waals surface area contributed by atoms with Gasteiger partial charge < -0.3 is 10.1 Å². The normalized spacial score (nSPS) is 11.8. The van der Waals surface area contributed by atoms with Crippen LogP contribution in [-0.2, 0) is 0 Å². The molecule has 3 aromatic rings. The maximum absolute atomic E-state index is 12.7. The second kappa shape index (κ2) is 7.32. The third-order valence-electron chi connectivity index (χ3n) is 3.93. The first kappa shape index (κ1) is 16.3. The number of rotatable bonds is 5. The highest BCUT2D eigenvalue weighted by Gasteiger charge is 2.19. The van der Waals surface area contributed by atoms with Crippen LogP contribution in [0.1, 0.15) is 32.4 Å². The molecular weight excluding hydrogens is 318 g/mol. The van der Waals surface area contributed by atoms with E-state index in [1.54, 1.807) is 7.11 Å². The van der Waals surface area contributed by atoms with Crippen molar-refractivity contribution in [2.45, 2.75) is 13.0 Å². The van der Waals surface area contributed by atoms with Crippen LogP contribution in [-0.4, -0.2) is 13.0 Å². The molecule has 3 nitrogen and oxygen atoms in total. The maximum atomic E-state index is 12.7. The van der Waals surface area contributed by atoms with Gasteiger partial charge in [0.05, 0.1) is 18.0 Å². The van der Waals surface area contributed by atoms with E-state index in [-0.39, 0.29) is 11.9 Å². The van der Waals surface area contributed by atoms with Crippen molar-refractivity contribution in [1.29, 1.82) is 0 Å². The van der Waals surface area contributed by atoms with Crippen LogP contribution in [0, 0.1) is 6.92 Å². The molecule has 1 aromatic heterocycles. The zero-order valence-electron chi connectivity index (χ0n) is 13.7. The van der Waals surface area contributed by atoms with Gasteiger partial charge in [0.15, 0.2) is 0 Å². The Balaban J connectivity index is 1.93. The molecule has 3 rings (SSSR count). The number of hydrogen-bond donors (Lipinski definition) is 1. The minimum absolute atomic E-state index is 0.0489. The van der Waals surface area contributed by atoms with Crippen molar-refractivity contribution in [1.82, 2.24) is 5.32 Å². The molecule has 0 saturated heterocycles. The molecular formula is C20H19NO2S. The first-order valence-corrected chi connectivity index (χ1v) is 8.61. The molecule has 0 bridgehead atoms. The molecule has 0 radical (unpaired) electrons. The van der Waals surface area contributed by atoms with Gasteiger partial charge in [0.1, 0.15) is 5.75 Å². The standard InChI is InChI=1S/C20H19NO2S/c1-14-12-13-24-19(14)20(22)21-18(15-6-4-3-5-7-15)16-8-10-17(23-2)11-9-16/h3-13,18H,1-2H3,(H,21,22)/t18-/m0/s1. The summed E-state index contributed by atoms with van der Waals surface area (Å²) in [6.07, 6.45) is 0. The number of amides is 1. The van der Waals surface area contributed by atoms with Crippen molar-refractivity contribution in [2.24, 2.45) is 0 Å². The van der Waals surface area contributed by atoms with Gasteiger partial charge in [-0.3, -0.25) is 4.79 Å². The number of hydrogen-bond acceptors (Lipinski definition) is 3. The fourth-order valence-corrected chi connectivity index (χ4v) is 3.43. The smallest absolute Gasteiger partial charge is 0.262 e. The van der Waals surface area contributed by atoms with Crippen LogP contribution in [0.3, 0.4) is 0 Å². The van der Waals surface area contributed by atoms with Gasteiger partial charge >= 0.3 is 0 Å². The molecule has 122 valence electrons. The largest absolute Gasteiger partial charge is 0.497 e. The number of aryl methyl sites for hydroxylation is 1. The zero-order chi connectivity index (χ0) is 16.9. The lowest BCUT2D eigenvalue weighted by molar-refractivity contribution is 0.0946. The van der Waals surface area contributed by atoms with E-state index in [0.29, 0.717) is 0 Å². The Hall–Kier alpha value is -2.59. The van der Waals surface area contributed by atoms with Crippen LogP contribution in [0.4, 0.5) is 0 Å². The number of nitrogens with one attached hydrogen (secondary N) is 1. The first-order valence-electron chi connectivity index (χ1n) is 7.73. The molecule has 1 atom stereocenters. The van der Waals surface area contributed by atoms with E-state index in [1.165, 1.54) is 11.3 Å². The van der Waals surface area contributed by atoms with Crippen molar-refractivity contribution in [3.05, 3.63) is 87.6 Å². The van der Waals surface area contributed by atoms with Gasteiger partial charge in [0.25, 0.3) is 5.91 Å². The van der Waals surface area contributed by atoms with E-state index >= 15 is 0 Å². The number of carbonyl (C=O) groups is 1. The summed E-state index contributed by atoms with van der Waals surface area (Å²) >= 11 is 1.46. The van der Waals surface area contributed by atoms with Gasteiger partial charge in [-0.05, 0) is 47.2 Å². The third kappa shape index (κ3) is 3.49. The predicted molar refractivity (Wildman–Crippen MR) is 97.8 cm³/mol. The van der Waals surface area contributed by atoms with E-state index in [2.05, 4.69) is 5.32 Å². The molecule has 0 spiro atoms. The minimum atomic E-state index is -0.203. The Kier molecular flexibility index (Phi) is 4.96. The van der Waals surface area contributed by atoms with Gasteiger partial charge in [-0.15, -0.1) is 11.3 Å². The highest BCUT2D eigenvalue weighted by atomic mass is 32.1. The van der Waals surface area contributed by atoms with Crippen molar-refractivity contribution >= 4 is 17.2 Å². The summed E-state index contributed by atoms with van der Waals surface area (Å²) in [5, 5.41) is 5.10. The lowest BCUT2D eigenvalue weighted by Gasteiger charge is -2.20. The maximum Gasteiger partial charge on any atom is 0.262 e. The summed E-state index contributed by atoms with van der Waals surface area (Å²) in [5.41, 5.74) is 3.06. The summed E-state index contributed by atoms with van der Waals surface area (Å²) in [5.74, 6) is 0.748. The van der Waals surface area contributed by atoms with Crippen molar-refractivity contribution in [3.8, 4) is 5.75 Å². The van der Waals surface area contributed by atoms with Gasteiger partial charge in [0, 0.05) is 0 Å². The topological polar surface area (TPSA) is 38.3 Å². The molecule has 0 aliphatic heterocycles. The quantitative estimate of drug-likeness (QED) is 0.740. The van der Waals surface area contributed by atoms with Crippen LogP contribution >= 0.6 is 11.3 Å². The average Bonchev–Trinajstić information content (AvgIpc) is 3.06. The molecule has 0 unspecified atom stereocenters. The molecule has 0 saturated carbocycles. The zero-order valence-corrected chi connectivity index (χ0v) is 14.5. The second-order valence-corrected chi connectivity index (χ2v) is 6.44. The first-order chi connectivity index (χ1) is 11.7. The van der Waals surface area contributed by atoms with E-state index in [0.717, 1.165) is 27.3 Å². The summed E-state index contributed by atoms with van der Waals surface area (Å²) < 4.78 is 5.22. The molecule has 1 amide bonds. The van der Waals surface area contributed by atoms with Crippen LogP contribution in [0.25, 0.3) is 0 Å². The lowest BCUT2D eigenvalue weighted by Crippen LogP contribution is -2.29. The van der Waals surface area contributed by atoms with Crippen LogP contribution in [0.2, 0.25) is 0 Å². The van der Waals surface area contributed by atoms with Gasteiger partial charge in [-0.25, -0.2) is 0 Å². The number of methoxy groups -OCH3 is 1. The van der Waals surface area contributed by atoms with E-state index in [1.807, 2.05) is 73.0 Å². The molecule has 4 heteroatoms. The molecule has 1 N–H and O–H groups in total. The Morgan fingerprint density at radius 2 is 1.67 bits per heavy atom.